The Morgan fingerprint density at radius 2 is 2.04 bits per heavy atom. The van der Waals surface area contributed by atoms with Gasteiger partial charge in [-0.3, -0.25) is 0 Å². The Labute approximate surface area is 140 Å². The van der Waals surface area contributed by atoms with E-state index in [9.17, 15) is 0 Å². The Morgan fingerprint density at radius 3 is 2.62 bits per heavy atom. The van der Waals surface area contributed by atoms with E-state index in [0.29, 0.717) is 5.57 Å². The number of ether oxygens (including phenoxy) is 1. The van der Waals surface area contributed by atoms with Gasteiger partial charge in [0, 0.05) is 30.7 Å². The number of tetrazole rings is 1. The molecule has 8 nitrogen and oxygen atoms in total. The van der Waals surface area contributed by atoms with E-state index < -0.39 is 0 Å². The molecule has 1 aliphatic rings. The summed E-state index contributed by atoms with van der Waals surface area (Å²) < 4.78 is 5.76. The number of nitrogens with zero attached hydrogens (tertiary/aromatic N) is 5. The summed E-state index contributed by atoms with van der Waals surface area (Å²) in [5.41, 5.74) is 2.35. The summed E-state index contributed by atoms with van der Waals surface area (Å²) in [4.78, 5) is 2.32. The molecule has 8 heteroatoms. The van der Waals surface area contributed by atoms with Gasteiger partial charge in [-0.15, -0.1) is 10.2 Å². The molecular weight excluding hydrogens is 306 g/mol. The van der Waals surface area contributed by atoms with Crippen LogP contribution in [-0.4, -0.2) is 45.9 Å². The predicted molar refractivity (Wildman–Crippen MR) is 90.1 cm³/mol. The third-order valence-corrected chi connectivity index (χ3v) is 3.74. The van der Waals surface area contributed by atoms with Gasteiger partial charge in [0.2, 0.25) is 5.82 Å². The summed E-state index contributed by atoms with van der Waals surface area (Å²) >= 11 is 0. The van der Waals surface area contributed by atoms with Crippen molar-refractivity contribution in [3.8, 4) is 6.07 Å². The Morgan fingerprint density at radius 1 is 1.33 bits per heavy atom. The summed E-state index contributed by atoms with van der Waals surface area (Å²) in [6.07, 6.45) is 2.02. The molecule has 0 radical (unpaired) electrons. The molecule has 0 bridgehead atoms. The Hall–Kier alpha value is -2.92. The molecule has 0 aliphatic carbocycles. The van der Waals surface area contributed by atoms with Crippen molar-refractivity contribution in [2.45, 2.75) is 26.1 Å². The molecule has 124 valence electrons. The lowest BCUT2D eigenvalue weighted by atomic mass is 10.2. The van der Waals surface area contributed by atoms with E-state index in [1.54, 1.807) is 6.20 Å². The first kappa shape index (κ1) is 16.0. The molecule has 2 aromatic rings. The molecule has 0 spiro atoms. The largest absolute Gasteiger partial charge is 0.372 e. The first-order valence-electron chi connectivity index (χ1n) is 7.77. The van der Waals surface area contributed by atoms with Crippen LogP contribution in [0.2, 0.25) is 0 Å². The SMILES string of the molecule is CC1CN(c2ccc(NC=C(C#N)c3nn[nH]n3)cc2)CC(C)O1. The molecule has 2 heterocycles. The van der Waals surface area contributed by atoms with Crippen LogP contribution in [0.5, 0.6) is 0 Å². The van der Waals surface area contributed by atoms with Gasteiger partial charge in [-0.2, -0.15) is 10.5 Å². The Balaban J connectivity index is 1.68. The number of hydrogen-bond acceptors (Lipinski definition) is 7. The molecule has 1 aromatic heterocycles. The second-order valence-corrected chi connectivity index (χ2v) is 5.76. The maximum absolute atomic E-state index is 9.14. The molecule has 2 N–H and O–H groups in total. The van der Waals surface area contributed by atoms with Gasteiger partial charge in [-0.1, -0.05) is 0 Å². The summed E-state index contributed by atoms with van der Waals surface area (Å²) in [6, 6.07) is 10.1. The number of rotatable bonds is 4. The van der Waals surface area contributed by atoms with Crippen LogP contribution in [0.3, 0.4) is 0 Å². The van der Waals surface area contributed by atoms with Crippen molar-refractivity contribution in [2.75, 3.05) is 23.3 Å². The number of hydrogen-bond donors (Lipinski definition) is 2. The van der Waals surface area contributed by atoms with Gasteiger partial charge in [0.05, 0.1) is 12.2 Å². The summed E-state index contributed by atoms with van der Waals surface area (Å²) in [5, 5.41) is 25.6. The highest BCUT2D eigenvalue weighted by atomic mass is 16.5. The number of allylic oxidation sites excluding steroid dienone is 1. The molecule has 0 amide bonds. The van der Waals surface area contributed by atoms with E-state index in [-0.39, 0.29) is 18.0 Å². The fraction of sp³-hybridized carbons (Fsp3) is 0.375. The van der Waals surface area contributed by atoms with Gasteiger partial charge < -0.3 is 15.0 Å². The van der Waals surface area contributed by atoms with Crippen LogP contribution in [0.25, 0.3) is 5.57 Å². The minimum Gasteiger partial charge on any atom is -0.372 e. The molecule has 1 aliphatic heterocycles. The number of morpholine rings is 1. The minimum atomic E-state index is 0.225. The monoisotopic (exact) mass is 325 g/mol. The van der Waals surface area contributed by atoms with Crippen LogP contribution in [0.4, 0.5) is 11.4 Å². The number of anilines is 2. The van der Waals surface area contributed by atoms with Crippen LogP contribution in [0.15, 0.2) is 30.5 Å². The van der Waals surface area contributed by atoms with Crippen molar-refractivity contribution < 1.29 is 4.74 Å². The molecule has 3 rings (SSSR count). The summed E-state index contributed by atoms with van der Waals surface area (Å²) in [5.74, 6) is 0.262. The quantitative estimate of drug-likeness (QED) is 0.826. The first-order valence-corrected chi connectivity index (χ1v) is 7.77. The lowest BCUT2D eigenvalue weighted by Crippen LogP contribution is -2.45. The van der Waals surface area contributed by atoms with Gasteiger partial charge in [-0.25, -0.2) is 0 Å². The van der Waals surface area contributed by atoms with Crippen molar-refractivity contribution >= 4 is 16.9 Å². The lowest BCUT2D eigenvalue weighted by molar-refractivity contribution is -0.00521. The molecule has 2 unspecified atom stereocenters. The fourth-order valence-electron chi connectivity index (χ4n) is 2.74. The number of benzene rings is 1. The average Bonchev–Trinajstić information content (AvgIpc) is 3.09. The van der Waals surface area contributed by atoms with Crippen molar-refractivity contribution in [1.82, 2.24) is 20.6 Å². The van der Waals surface area contributed by atoms with Crippen molar-refractivity contribution in [3.63, 3.8) is 0 Å². The van der Waals surface area contributed by atoms with Crippen molar-refractivity contribution in [3.05, 3.63) is 36.3 Å². The standard InChI is InChI=1S/C16H19N7O/c1-11-9-23(10-12(2)24-11)15-5-3-14(4-6-15)18-8-13(7-17)16-19-21-22-20-16/h3-6,8,11-12,18H,9-10H2,1-2H3,(H,19,20,21,22). The maximum atomic E-state index is 9.14. The topological polar surface area (TPSA) is 103 Å². The molecule has 0 saturated carbocycles. The zero-order valence-corrected chi connectivity index (χ0v) is 13.6. The van der Waals surface area contributed by atoms with Gasteiger partial charge in [0.15, 0.2) is 0 Å². The Bertz CT molecular complexity index is 723. The first-order chi connectivity index (χ1) is 11.7. The summed E-state index contributed by atoms with van der Waals surface area (Å²) in [7, 11) is 0. The van der Waals surface area contributed by atoms with Crippen LogP contribution in [-0.2, 0) is 4.74 Å². The second kappa shape index (κ2) is 7.10. The van der Waals surface area contributed by atoms with Crippen molar-refractivity contribution in [2.24, 2.45) is 0 Å². The molecule has 1 saturated heterocycles. The zero-order valence-electron chi connectivity index (χ0n) is 13.6. The fourth-order valence-corrected chi connectivity index (χ4v) is 2.74. The number of H-pyrrole nitrogens is 1. The van der Waals surface area contributed by atoms with E-state index in [1.165, 1.54) is 0 Å². The average molecular weight is 325 g/mol. The molecule has 2 atom stereocenters. The van der Waals surface area contributed by atoms with Gasteiger partial charge in [0.1, 0.15) is 11.6 Å². The third kappa shape index (κ3) is 3.70. The minimum absolute atomic E-state index is 0.225. The van der Waals surface area contributed by atoms with Gasteiger partial charge in [0.25, 0.3) is 0 Å². The van der Waals surface area contributed by atoms with Crippen molar-refractivity contribution in [1.29, 1.82) is 5.26 Å². The summed E-state index contributed by atoms with van der Waals surface area (Å²) in [6.45, 7) is 5.94. The lowest BCUT2D eigenvalue weighted by Gasteiger charge is -2.36. The Kier molecular flexibility index (Phi) is 4.72. The highest BCUT2D eigenvalue weighted by Crippen LogP contribution is 2.22. The van der Waals surface area contributed by atoms with E-state index in [1.807, 2.05) is 18.2 Å². The van der Waals surface area contributed by atoms with Crippen LogP contribution in [0, 0.1) is 11.3 Å². The maximum Gasteiger partial charge on any atom is 0.216 e. The number of aromatic nitrogens is 4. The van der Waals surface area contributed by atoms with E-state index in [4.69, 9.17) is 10.00 Å². The number of aromatic amines is 1. The number of nitriles is 1. The number of nitrogens with one attached hydrogen (secondary N) is 2. The van der Waals surface area contributed by atoms with Gasteiger partial charge in [-0.05, 0) is 43.3 Å². The van der Waals surface area contributed by atoms with Crippen LogP contribution in [0.1, 0.15) is 19.7 Å². The van der Waals surface area contributed by atoms with Crippen LogP contribution >= 0.6 is 0 Å². The van der Waals surface area contributed by atoms with E-state index >= 15 is 0 Å². The van der Waals surface area contributed by atoms with Gasteiger partial charge >= 0.3 is 0 Å². The molecule has 1 fully saturated rings. The highest BCUT2D eigenvalue weighted by Gasteiger charge is 2.22. The molecule has 24 heavy (non-hydrogen) atoms. The molecule has 1 aromatic carbocycles. The third-order valence-electron chi connectivity index (χ3n) is 3.74. The molecular formula is C16H19N7O. The predicted octanol–water partition coefficient (Wildman–Crippen LogP) is 1.79. The second-order valence-electron chi connectivity index (χ2n) is 5.76. The van der Waals surface area contributed by atoms with Crippen LogP contribution < -0.4 is 10.2 Å². The zero-order chi connectivity index (χ0) is 16.9. The van der Waals surface area contributed by atoms with E-state index in [2.05, 4.69) is 56.8 Å². The normalized spacial score (nSPS) is 21.4. The smallest absolute Gasteiger partial charge is 0.216 e. The highest BCUT2D eigenvalue weighted by molar-refractivity contribution is 5.74. The van der Waals surface area contributed by atoms with E-state index in [0.717, 1.165) is 24.5 Å².